The molecule has 0 spiro atoms. The van der Waals surface area contributed by atoms with Crippen LogP contribution in [0, 0.1) is 0 Å². The van der Waals surface area contributed by atoms with Crippen LogP contribution in [0.3, 0.4) is 0 Å². The summed E-state index contributed by atoms with van der Waals surface area (Å²) in [6.07, 6.45) is -7.91. The number of hydrogen-bond acceptors (Lipinski definition) is 11. The van der Waals surface area contributed by atoms with E-state index >= 15 is 0 Å². The molecule has 0 saturated carbocycles. The van der Waals surface area contributed by atoms with Crippen LogP contribution in [0.15, 0.2) is 164 Å². The molecule has 3 saturated heterocycles. The lowest BCUT2D eigenvalue weighted by Crippen LogP contribution is -2.68. The summed E-state index contributed by atoms with van der Waals surface area (Å²) in [4.78, 5) is 27.0. The van der Waals surface area contributed by atoms with Gasteiger partial charge in [-0.05, 0) is 51.2 Å². The molecule has 336 valence electrons. The number of rotatable bonds is 18. The van der Waals surface area contributed by atoms with Crippen LogP contribution in [-0.2, 0) is 73.9 Å². The van der Waals surface area contributed by atoms with Gasteiger partial charge in [0.15, 0.2) is 18.7 Å². The van der Waals surface area contributed by atoms with Crippen molar-refractivity contribution in [2.75, 3.05) is 13.2 Å². The molecule has 9 rings (SSSR count). The SMILES string of the molecule is CC(=O)N[C@H]1[C@@H](O[C@@H]2[C@@H](OCc3ccccc3)[C@@H](OC(=O)c3ccccc3)[C@@H]3OC[C@@H]2O3)O[C@H](COCc2ccccc2)[C@@H](OCc2ccc3ccccc3c2)[C@@H]1OCc1ccccc1. The first-order chi connectivity index (χ1) is 31.9. The molecule has 3 heterocycles. The third-order valence-corrected chi connectivity index (χ3v) is 11.8. The molecule has 3 fully saturated rings. The van der Waals surface area contributed by atoms with Crippen LogP contribution in [0.1, 0.15) is 39.5 Å². The van der Waals surface area contributed by atoms with Gasteiger partial charge in [0.1, 0.15) is 42.7 Å². The third-order valence-electron chi connectivity index (χ3n) is 11.8. The van der Waals surface area contributed by atoms with E-state index in [2.05, 4.69) is 29.6 Å². The van der Waals surface area contributed by atoms with Crippen LogP contribution in [-0.4, -0.2) is 86.4 Å². The molecule has 3 aliphatic heterocycles. The summed E-state index contributed by atoms with van der Waals surface area (Å²) >= 11 is 0. The smallest absolute Gasteiger partial charge is 0.338 e. The molecule has 0 aliphatic carbocycles. The molecule has 2 bridgehead atoms. The summed E-state index contributed by atoms with van der Waals surface area (Å²) in [5.74, 6) is -0.898. The fourth-order valence-electron chi connectivity index (χ4n) is 8.60. The Morgan fingerprint density at radius 1 is 0.569 bits per heavy atom. The average Bonchev–Trinajstić information content (AvgIpc) is 3.79. The van der Waals surface area contributed by atoms with E-state index < -0.39 is 67.3 Å². The normalized spacial score (nSPS) is 26.1. The summed E-state index contributed by atoms with van der Waals surface area (Å²) in [7, 11) is 0. The van der Waals surface area contributed by atoms with E-state index in [0.29, 0.717) is 12.2 Å². The molecular formula is C53H53NO11. The number of ether oxygens (including phenoxy) is 9. The Labute approximate surface area is 378 Å². The van der Waals surface area contributed by atoms with Crippen LogP contribution in [0.2, 0.25) is 0 Å². The molecule has 3 aliphatic rings. The topological polar surface area (TPSA) is 129 Å². The maximum atomic E-state index is 13.7. The highest BCUT2D eigenvalue weighted by atomic mass is 16.8. The van der Waals surface area contributed by atoms with Crippen LogP contribution >= 0.6 is 0 Å². The second-order valence-corrected chi connectivity index (χ2v) is 16.5. The predicted octanol–water partition coefficient (Wildman–Crippen LogP) is 7.71. The molecule has 0 aromatic heterocycles. The van der Waals surface area contributed by atoms with Gasteiger partial charge in [-0.1, -0.05) is 146 Å². The van der Waals surface area contributed by atoms with Crippen LogP contribution in [0.4, 0.5) is 0 Å². The van der Waals surface area contributed by atoms with E-state index in [0.717, 1.165) is 33.0 Å². The van der Waals surface area contributed by atoms with E-state index in [9.17, 15) is 9.59 Å². The highest BCUT2D eigenvalue weighted by Gasteiger charge is 2.57. The van der Waals surface area contributed by atoms with Crippen molar-refractivity contribution in [1.29, 1.82) is 0 Å². The number of benzene rings is 6. The minimum absolute atomic E-state index is 0.0934. The van der Waals surface area contributed by atoms with E-state index in [-0.39, 0.29) is 38.9 Å². The van der Waals surface area contributed by atoms with Crippen molar-refractivity contribution in [3.05, 3.63) is 192 Å². The molecule has 1 amide bonds. The van der Waals surface area contributed by atoms with Crippen molar-refractivity contribution in [3.8, 4) is 0 Å². The zero-order chi connectivity index (χ0) is 44.4. The number of nitrogens with one attached hydrogen (secondary N) is 1. The number of amides is 1. The number of esters is 1. The largest absolute Gasteiger partial charge is 0.450 e. The standard InChI is InChI=1S/C53H53NO11/c1-35(55)54-45-48(59-30-37-18-8-3-9-19-37)46(58-32-39-26-27-40-22-14-15-25-42(40)28-39)43(33-57-29-36-16-6-2-7-17-36)62-52(45)65-47-44-34-61-53(63-44)50(64-51(56)41-23-12-5-13-24-41)49(47)60-31-38-20-10-4-11-21-38/h2-28,43-50,52-53H,29-34H2,1H3,(H,54,55)/t43-,44+,45-,46-,47+,48-,49-,50-,52-,53-/m1/s1. The van der Waals surface area contributed by atoms with Gasteiger partial charge in [-0.15, -0.1) is 0 Å². The van der Waals surface area contributed by atoms with Gasteiger partial charge in [-0.25, -0.2) is 4.79 Å². The van der Waals surface area contributed by atoms with Crippen LogP contribution in [0.5, 0.6) is 0 Å². The molecule has 0 radical (unpaired) electrons. The van der Waals surface area contributed by atoms with Crippen molar-refractivity contribution >= 4 is 22.6 Å². The van der Waals surface area contributed by atoms with E-state index in [1.165, 1.54) is 6.92 Å². The second-order valence-electron chi connectivity index (χ2n) is 16.5. The first-order valence-corrected chi connectivity index (χ1v) is 22.1. The fraction of sp³-hybridized carbons (Fsp3) is 0.321. The maximum Gasteiger partial charge on any atom is 0.338 e. The number of carbonyl (C=O) groups excluding carboxylic acids is 2. The third kappa shape index (κ3) is 11.2. The minimum atomic E-state index is -1.16. The Morgan fingerprint density at radius 3 is 1.80 bits per heavy atom. The van der Waals surface area contributed by atoms with Crippen LogP contribution in [0.25, 0.3) is 10.8 Å². The molecule has 12 nitrogen and oxygen atoms in total. The van der Waals surface area contributed by atoms with Crippen molar-refractivity contribution in [2.24, 2.45) is 0 Å². The van der Waals surface area contributed by atoms with Gasteiger partial charge in [0.25, 0.3) is 0 Å². The Bertz CT molecular complexity index is 2440. The van der Waals surface area contributed by atoms with Crippen LogP contribution < -0.4 is 5.32 Å². The predicted molar refractivity (Wildman–Crippen MR) is 240 cm³/mol. The highest BCUT2D eigenvalue weighted by Crippen LogP contribution is 2.38. The van der Waals surface area contributed by atoms with E-state index in [4.69, 9.17) is 42.6 Å². The molecule has 1 N–H and O–H groups in total. The first-order valence-electron chi connectivity index (χ1n) is 22.1. The number of fused-ring (bicyclic) bond motifs is 3. The Kier molecular flexibility index (Phi) is 14.7. The minimum Gasteiger partial charge on any atom is -0.450 e. The van der Waals surface area contributed by atoms with Gasteiger partial charge in [-0.2, -0.15) is 0 Å². The molecule has 10 atom stereocenters. The van der Waals surface area contributed by atoms with Crippen molar-refractivity contribution < 1.29 is 52.2 Å². The van der Waals surface area contributed by atoms with Gasteiger partial charge >= 0.3 is 5.97 Å². The van der Waals surface area contributed by atoms with Crippen molar-refractivity contribution in [2.45, 2.75) is 94.7 Å². The van der Waals surface area contributed by atoms with E-state index in [1.54, 1.807) is 24.3 Å². The molecule has 6 aromatic rings. The lowest BCUT2D eigenvalue weighted by atomic mass is 9.94. The Morgan fingerprint density at radius 2 is 1.14 bits per heavy atom. The first kappa shape index (κ1) is 44.4. The van der Waals surface area contributed by atoms with Crippen molar-refractivity contribution in [1.82, 2.24) is 5.32 Å². The van der Waals surface area contributed by atoms with Gasteiger partial charge in [0.2, 0.25) is 5.91 Å². The molecule has 6 aromatic carbocycles. The van der Waals surface area contributed by atoms with Gasteiger partial charge < -0.3 is 47.9 Å². The summed E-state index contributed by atoms with van der Waals surface area (Å²) in [6.45, 7) is 2.58. The Balaban J connectivity index is 1.06. The van der Waals surface area contributed by atoms with Gasteiger partial charge in [0, 0.05) is 6.92 Å². The molecule has 0 unspecified atom stereocenters. The zero-order valence-corrected chi connectivity index (χ0v) is 36.1. The summed E-state index contributed by atoms with van der Waals surface area (Å²) in [5.41, 5.74) is 4.13. The fourth-order valence-corrected chi connectivity index (χ4v) is 8.60. The monoisotopic (exact) mass is 879 g/mol. The molecular weight excluding hydrogens is 827 g/mol. The quantitative estimate of drug-likeness (QED) is 0.0853. The second kappa shape index (κ2) is 21.5. The molecule has 12 heteroatoms. The average molecular weight is 880 g/mol. The highest BCUT2D eigenvalue weighted by molar-refractivity contribution is 5.89. The number of hydrogen-bond donors (Lipinski definition) is 1. The van der Waals surface area contributed by atoms with E-state index in [1.807, 2.05) is 115 Å². The maximum absolute atomic E-state index is 13.7. The van der Waals surface area contributed by atoms with Crippen molar-refractivity contribution in [3.63, 3.8) is 0 Å². The zero-order valence-electron chi connectivity index (χ0n) is 36.1. The summed E-state index contributed by atoms with van der Waals surface area (Å²) in [6, 6.07) is 51.6. The van der Waals surface area contributed by atoms with Gasteiger partial charge in [0.05, 0.1) is 45.2 Å². The summed E-state index contributed by atoms with van der Waals surface area (Å²) < 4.78 is 59.6. The van der Waals surface area contributed by atoms with Gasteiger partial charge in [-0.3, -0.25) is 4.79 Å². The lowest BCUT2D eigenvalue weighted by Gasteiger charge is -2.48. The summed E-state index contributed by atoms with van der Waals surface area (Å²) in [5, 5.41) is 5.31. The number of carbonyl (C=O) groups is 2. The lowest BCUT2D eigenvalue weighted by molar-refractivity contribution is -0.330. The Hall–Kier alpha value is -5.80. The molecule has 65 heavy (non-hydrogen) atoms.